The summed E-state index contributed by atoms with van der Waals surface area (Å²) in [5, 5.41) is 11.1. The normalized spacial score (nSPS) is 11.9. The molecule has 0 bridgehead atoms. The summed E-state index contributed by atoms with van der Waals surface area (Å²) in [4.78, 5) is 23.0. The Morgan fingerprint density at radius 2 is 2.28 bits per heavy atom. The molecule has 0 fully saturated rings. The lowest BCUT2D eigenvalue weighted by molar-refractivity contribution is -0.143. The Morgan fingerprint density at radius 1 is 1.56 bits per heavy atom. The number of carbonyl (C=O) groups is 2. The molecule has 2 N–H and O–H groups in total. The van der Waals surface area contributed by atoms with Gasteiger partial charge in [0.05, 0.1) is 16.8 Å². The fraction of sp³-hybridized carbons (Fsp3) is 0.455. The maximum atomic E-state index is 11.4. The molecule has 0 spiro atoms. The second-order valence-corrected chi connectivity index (χ2v) is 6.11. The molecule has 1 unspecified atom stereocenters. The van der Waals surface area contributed by atoms with Crippen LogP contribution in [0.4, 0.5) is 4.79 Å². The van der Waals surface area contributed by atoms with Crippen molar-refractivity contribution in [2.75, 3.05) is 6.61 Å². The number of hydrogen-bond acceptors (Lipinski definition) is 4. The van der Waals surface area contributed by atoms with Crippen molar-refractivity contribution in [2.24, 2.45) is 0 Å². The number of halogens is 1. The Balaban J connectivity index is 2.60. The van der Waals surface area contributed by atoms with Gasteiger partial charge in [-0.15, -0.1) is 11.3 Å². The summed E-state index contributed by atoms with van der Waals surface area (Å²) in [6.45, 7) is 2.01. The van der Waals surface area contributed by atoms with Gasteiger partial charge in [-0.05, 0) is 35.0 Å². The second kappa shape index (κ2) is 7.38. The molecule has 0 saturated carbocycles. The minimum atomic E-state index is -1.14. The molecule has 18 heavy (non-hydrogen) atoms. The highest BCUT2D eigenvalue weighted by atomic mass is 79.9. The third-order valence-corrected chi connectivity index (χ3v) is 3.77. The zero-order chi connectivity index (χ0) is 13.5. The summed E-state index contributed by atoms with van der Waals surface area (Å²) >= 11 is 4.85. The van der Waals surface area contributed by atoms with E-state index in [4.69, 9.17) is 9.84 Å². The van der Waals surface area contributed by atoms with Crippen molar-refractivity contribution in [1.82, 2.24) is 5.32 Å². The third kappa shape index (κ3) is 5.50. The van der Waals surface area contributed by atoms with Gasteiger partial charge < -0.3 is 15.2 Å². The summed E-state index contributed by atoms with van der Waals surface area (Å²) in [5.74, 6) is -0.396. The van der Waals surface area contributed by atoms with Gasteiger partial charge in [-0.25, -0.2) is 4.79 Å². The van der Waals surface area contributed by atoms with Crippen molar-refractivity contribution >= 4 is 39.3 Å². The predicted octanol–water partition coefficient (Wildman–Crippen LogP) is 2.64. The highest BCUT2D eigenvalue weighted by Crippen LogP contribution is 2.23. The van der Waals surface area contributed by atoms with Crippen LogP contribution in [0, 0.1) is 0 Å². The molecule has 1 atom stereocenters. The number of amides is 1. The van der Waals surface area contributed by atoms with Gasteiger partial charge in [0.1, 0.15) is 0 Å². The van der Waals surface area contributed by atoms with Gasteiger partial charge in [0, 0.05) is 17.3 Å². The van der Waals surface area contributed by atoms with E-state index in [-0.39, 0.29) is 6.42 Å². The van der Waals surface area contributed by atoms with Crippen LogP contribution in [-0.4, -0.2) is 29.8 Å². The molecule has 1 heterocycles. The first-order valence-electron chi connectivity index (χ1n) is 5.40. The molecule has 100 valence electrons. The molecule has 0 aliphatic carbocycles. The van der Waals surface area contributed by atoms with Crippen molar-refractivity contribution in [3.8, 4) is 0 Å². The Morgan fingerprint density at radius 3 is 2.78 bits per heavy atom. The van der Waals surface area contributed by atoms with Gasteiger partial charge in [0.15, 0.2) is 0 Å². The first kappa shape index (κ1) is 15.0. The lowest BCUT2D eigenvalue weighted by atomic mass is 10.1. The fourth-order valence-corrected chi connectivity index (χ4v) is 3.04. The highest BCUT2D eigenvalue weighted by Gasteiger charge is 2.18. The number of carbonyl (C=O) groups excluding carboxylic acids is 1. The van der Waals surface area contributed by atoms with Crippen molar-refractivity contribution < 1.29 is 19.4 Å². The highest BCUT2D eigenvalue weighted by molar-refractivity contribution is 9.11. The summed E-state index contributed by atoms with van der Waals surface area (Å²) in [7, 11) is 0. The van der Waals surface area contributed by atoms with Crippen molar-refractivity contribution in [2.45, 2.75) is 25.8 Å². The van der Waals surface area contributed by atoms with E-state index in [9.17, 15) is 9.59 Å². The minimum Gasteiger partial charge on any atom is -0.466 e. The number of nitrogens with one attached hydrogen (secondary N) is 1. The van der Waals surface area contributed by atoms with Crippen LogP contribution in [0.1, 0.15) is 18.2 Å². The Hall–Kier alpha value is -1.08. The number of ether oxygens (including phenoxy) is 1. The molecule has 0 aliphatic heterocycles. The van der Waals surface area contributed by atoms with E-state index in [0.29, 0.717) is 13.0 Å². The SMILES string of the molecule is CCOC(=O)CC(Cc1ccc(Br)s1)NC(=O)O. The Bertz CT molecular complexity index is 421. The van der Waals surface area contributed by atoms with Crippen molar-refractivity contribution in [1.29, 1.82) is 0 Å². The average molecular weight is 336 g/mol. The van der Waals surface area contributed by atoms with Gasteiger partial charge >= 0.3 is 12.1 Å². The van der Waals surface area contributed by atoms with Gasteiger partial charge in [0.25, 0.3) is 0 Å². The zero-order valence-corrected chi connectivity index (χ0v) is 12.2. The van der Waals surface area contributed by atoms with Crippen LogP contribution in [0.25, 0.3) is 0 Å². The first-order chi connectivity index (χ1) is 8.51. The standard InChI is InChI=1S/C11H14BrNO4S/c1-2-17-10(14)6-7(13-11(15)16)5-8-3-4-9(12)18-8/h3-4,7,13H,2,5-6H2,1H3,(H,15,16). The van der Waals surface area contributed by atoms with Crippen LogP contribution in [-0.2, 0) is 16.0 Å². The number of rotatable bonds is 6. The van der Waals surface area contributed by atoms with Gasteiger partial charge in [-0.2, -0.15) is 0 Å². The number of hydrogen-bond donors (Lipinski definition) is 2. The number of thiophene rings is 1. The summed E-state index contributed by atoms with van der Waals surface area (Å²) in [6.07, 6.45) is -0.628. The molecule has 0 saturated heterocycles. The monoisotopic (exact) mass is 335 g/mol. The largest absolute Gasteiger partial charge is 0.466 e. The third-order valence-electron chi connectivity index (χ3n) is 2.12. The molecule has 1 rings (SSSR count). The maximum Gasteiger partial charge on any atom is 0.404 e. The zero-order valence-electron chi connectivity index (χ0n) is 9.81. The topological polar surface area (TPSA) is 75.6 Å². The molecule has 5 nitrogen and oxygen atoms in total. The van der Waals surface area contributed by atoms with Gasteiger partial charge in [-0.3, -0.25) is 4.79 Å². The van der Waals surface area contributed by atoms with E-state index < -0.39 is 18.1 Å². The van der Waals surface area contributed by atoms with Crippen LogP contribution >= 0.6 is 27.3 Å². The van der Waals surface area contributed by atoms with Crippen LogP contribution in [0.5, 0.6) is 0 Å². The van der Waals surface area contributed by atoms with Crippen molar-refractivity contribution in [3.05, 3.63) is 20.8 Å². The predicted molar refractivity (Wildman–Crippen MR) is 71.9 cm³/mol. The van der Waals surface area contributed by atoms with Crippen LogP contribution < -0.4 is 5.32 Å². The number of esters is 1. The first-order valence-corrected chi connectivity index (χ1v) is 7.01. The van der Waals surface area contributed by atoms with Gasteiger partial charge in [-0.1, -0.05) is 0 Å². The number of carboxylic acid groups (broad SMARTS) is 1. The van der Waals surface area contributed by atoms with Crippen LogP contribution in [0.15, 0.2) is 15.9 Å². The molecule has 1 aromatic rings. The fourth-order valence-electron chi connectivity index (χ4n) is 1.47. The van der Waals surface area contributed by atoms with Crippen LogP contribution in [0.3, 0.4) is 0 Å². The smallest absolute Gasteiger partial charge is 0.404 e. The molecule has 1 aromatic heterocycles. The second-order valence-electron chi connectivity index (χ2n) is 3.57. The summed E-state index contributed by atoms with van der Waals surface area (Å²) in [6, 6.07) is 3.32. The van der Waals surface area contributed by atoms with Crippen molar-refractivity contribution in [3.63, 3.8) is 0 Å². The van der Waals surface area contributed by atoms with E-state index in [1.807, 2.05) is 12.1 Å². The van der Waals surface area contributed by atoms with E-state index in [0.717, 1.165) is 8.66 Å². The van der Waals surface area contributed by atoms with E-state index >= 15 is 0 Å². The molecular formula is C11H14BrNO4S. The maximum absolute atomic E-state index is 11.4. The molecular weight excluding hydrogens is 322 g/mol. The lowest BCUT2D eigenvalue weighted by Crippen LogP contribution is -2.37. The quantitative estimate of drug-likeness (QED) is 0.783. The Labute approximate surface area is 117 Å². The van der Waals surface area contributed by atoms with Gasteiger partial charge in [0.2, 0.25) is 0 Å². The van der Waals surface area contributed by atoms with E-state index in [1.54, 1.807) is 6.92 Å². The summed E-state index contributed by atoms with van der Waals surface area (Å²) < 4.78 is 5.79. The summed E-state index contributed by atoms with van der Waals surface area (Å²) in [5.41, 5.74) is 0. The molecule has 0 aliphatic rings. The van der Waals surface area contributed by atoms with E-state index in [1.165, 1.54) is 11.3 Å². The molecule has 7 heteroatoms. The van der Waals surface area contributed by atoms with E-state index in [2.05, 4.69) is 21.2 Å². The molecule has 0 radical (unpaired) electrons. The minimum absolute atomic E-state index is 0.0374. The Kier molecular flexibility index (Phi) is 6.14. The molecule has 1 amide bonds. The molecule has 0 aromatic carbocycles. The lowest BCUT2D eigenvalue weighted by Gasteiger charge is -2.15. The van der Waals surface area contributed by atoms with Crippen LogP contribution in [0.2, 0.25) is 0 Å². The average Bonchev–Trinajstić information content (AvgIpc) is 2.63.